The lowest BCUT2D eigenvalue weighted by Gasteiger charge is -2.41. The highest BCUT2D eigenvalue weighted by molar-refractivity contribution is 5.58. The summed E-state index contributed by atoms with van der Waals surface area (Å²) in [5.74, 6) is 0. The van der Waals surface area contributed by atoms with Crippen molar-refractivity contribution in [2.45, 2.75) is 45.1 Å². The molecule has 0 spiro atoms. The second kappa shape index (κ2) is 4.58. The molecule has 0 atom stereocenters. The van der Waals surface area contributed by atoms with Gasteiger partial charge in [-0.3, -0.25) is 0 Å². The summed E-state index contributed by atoms with van der Waals surface area (Å²) in [6.07, 6.45) is 5.28. The summed E-state index contributed by atoms with van der Waals surface area (Å²) < 4.78 is 0. The predicted octanol–water partition coefficient (Wildman–Crippen LogP) is 2.75. The Morgan fingerprint density at radius 3 is 2.83 bits per heavy atom. The molecular weight excluding hydrogens is 220 g/mol. The van der Waals surface area contributed by atoms with Gasteiger partial charge in [0.2, 0.25) is 0 Å². The summed E-state index contributed by atoms with van der Waals surface area (Å²) >= 11 is 0. The van der Waals surface area contributed by atoms with Crippen LogP contribution in [0, 0.1) is 0 Å². The fourth-order valence-electron chi connectivity index (χ4n) is 3.40. The van der Waals surface area contributed by atoms with Crippen LogP contribution in [0.2, 0.25) is 0 Å². The molecule has 0 radical (unpaired) electrons. The third-order valence-electron chi connectivity index (χ3n) is 4.28. The Morgan fingerprint density at radius 1 is 1.17 bits per heavy atom. The quantitative estimate of drug-likeness (QED) is 0.817. The Morgan fingerprint density at radius 2 is 2.00 bits per heavy atom. The smallest absolute Gasteiger partial charge is 0.0402 e. The van der Waals surface area contributed by atoms with Crippen LogP contribution < -0.4 is 10.2 Å². The first-order valence-corrected chi connectivity index (χ1v) is 7.26. The molecule has 2 heteroatoms. The average molecular weight is 244 g/mol. The fraction of sp³-hybridized carbons (Fsp3) is 0.625. The van der Waals surface area contributed by atoms with Gasteiger partial charge in [0.05, 0.1) is 0 Å². The first-order valence-electron chi connectivity index (χ1n) is 7.26. The predicted molar refractivity (Wildman–Crippen MR) is 77.4 cm³/mol. The second-order valence-corrected chi connectivity index (χ2v) is 6.35. The van der Waals surface area contributed by atoms with Gasteiger partial charge in [0.1, 0.15) is 0 Å². The number of benzene rings is 1. The number of nitrogens with zero attached hydrogens (tertiary/aromatic N) is 1. The number of fused-ring (bicyclic) bond motifs is 1. The van der Waals surface area contributed by atoms with Crippen molar-refractivity contribution in [1.82, 2.24) is 5.32 Å². The first-order chi connectivity index (χ1) is 8.66. The number of nitrogens with one attached hydrogen (secondary N) is 1. The van der Waals surface area contributed by atoms with Gasteiger partial charge in [0.15, 0.2) is 0 Å². The molecule has 1 heterocycles. The summed E-state index contributed by atoms with van der Waals surface area (Å²) in [5, 5.41) is 3.60. The lowest BCUT2D eigenvalue weighted by atomic mass is 9.89. The minimum absolute atomic E-state index is 0.232. The summed E-state index contributed by atoms with van der Waals surface area (Å²) in [6, 6.07) is 6.89. The van der Waals surface area contributed by atoms with E-state index in [-0.39, 0.29) is 5.54 Å². The van der Waals surface area contributed by atoms with E-state index < -0.39 is 0 Å². The van der Waals surface area contributed by atoms with Crippen LogP contribution in [-0.2, 0) is 12.8 Å². The van der Waals surface area contributed by atoms with Crippen molar-refractivity contribution in [1.29, 1.82) is 0 Å². The van der Waals surface area contributed by atoms with Crippen LogP contribution in [0.3, 0.4) is 0 Å². The van der Waals surface area contributed by atoms with Gasteiger partial charge >= 0.3 is 0 Å². The number of aryl methyl sites for hydroxylation is 1. The van der Waals surface area contributed by atoms with Gasteiger partial charge in [-0.1, -0.05) is 12.1 Å². The maximum absolute atomic E-state index is 3.60. The number of rotatable bonds is 1. The molecule has 2 aliphatic rings. The maximum Gasteiger partial charge on any atom is 0.0402 e. The van der Waals surface area contributed by atoms with Crippen LogP contribution in [0.1, 0.15) is 37.8 Å². The molecule has 0 bridgehead atoms. The Kier molecular flexibility index (Phi) is 3.06. The summed E-state index contributed by atoms with van der Waals surface area (Å²) in [4.78, 5) is 2.58. The van der Waals surface area contributed by atoms with E-state index in [4.69, 9.17) is 0 Å². The third-order valence-corrected chi connectivity index (χ3v) is 4.28. The minimum Gasteiger partial charge on any atom is -0.368 e. The molecule has 2 nitrogen and oxygen atoms in total. The first kappa shape index (κ1) is 12.0. The van der Waals surface area contributed by atoms with E-state index >= 15 is 0 Å². The molecule has 18 heavy (non-hydrogen) atoms. The van der Waals surface area contributed by atoms with E-state index in [0.717, 1.165) is 19.6 Å². The fourth-order valence-corrected chi connectivity index (χ4v) is 3.40. The third kappa shape index (κ3) is 2.26. The van der Waals surface area contributed by atoms with Crippen molar-refractivity contribution in [3.05, 3.63) is 29.3 Å². The normalized spacial score (nSPS) is 22.7. The summed E-state index contributed by atoms with van der Waals surface area (Å²) in [5.41, 5.74) is 4.95. The van der Waals surface area contributed by atoms with E-state index in [1.807, 2.05) is 0 Å². The highest BCUT2D eigenvalue weighted by atomic mass is 15.2. The highest BCUT2D eigenvalue weighted by Crippen LogP contribution is 2.31. The van der Waals surface area contributed by atoms with Crippen molar-refractivity contribution in [2.24, 2.45) is 0 Å². The lowest BCUT2D eigenvalue weighted by molar-refractivity contribution is 0.352. The van der Waals surface area contributed by atoms with Gasteiger partial charge in [-0.15, -0.1) is 0 Å². The van der Waals surface area contributed by atoms with Crippen molar-refractivity contribution < 1.29 is 0 Å². The minimum atomic E-state index is 0.232. The van der Waals surface area contributed by atoms with Crippen molar-refractivity contribution in [2.75, 3.05) is 24.5 Å². The summed E-state index contributed by atoms with van der Waals surface area (Å²) in [7, 11) is 0. The number of anilines is 1. The topological polar surface area (TPSA) is 15.3 Å². The van der Waals surface area contributed by atoms with E-state index in [0.29, 0.717) is 0 Å². The monoisotopic (exact) mass is 244 g/mol. The van der Waals surface area contributed by atoms with Crippen LogP contribution in [0.5, 0.6) is 0 Å². The largest absolute Gasteiger partial charge is 0.368 e. The Balaban J connectivity index is 1.92. The molecule has 0 amide bonds. The van der Waals surface area contributed by atoms with Crippen molar-refractivity contribution >= 4 is 5.69 Å². The SMILES string of the molecule is CC1(C)CN(c2cccc3c2CCCC3)CCN1. The van der Waals surface area contributed by atoms with Gasteiger partial charge in [-0.2, -0.15) is 0 Å². The molecule has 0 saturated carbocycles. The zero-order valence-electron chi connectivity index (χ0n) is 11.6. The van der Waals surface area contributed by atoms with Crippen molar-refractivity contribution in [3.63, 3.8) is 0 Å². The summed E-state index contributed by atoms with van der Waals surface area (Å²) in [6.45, 7) is 7.95. The molecule has 1 aliphatic heterocycles. The number of piperazine rings is 1. The molecule has 1 fully saturated rings. The Labute approximate surface area is 110 Å². The highest BCUT2D eigenvalue weighted by Gasteiger charge is 2.27. The van der Waals surface area contributed by atoms with Gasteiger partial charge in [-0.25, -0.2) is 0 Å². The number of hydrogen-bond donors (Lipinski definition) is 1. The van der Waals surface area contributed by atoms with E-state index in [1.165, 1.54) is 31.4 Å². The van der Waals surface area contributed by atoms with Crippen LogP contribution in [0.25, 0.3) is 0 Å². The molecule has 1 aromatic rings. The van der Waals surface area contributed by atoms with Gasteiger partial charge in [0, 0.05) is 30.9 Å². The molecule has 0 unspecified atom stereocenters. The van der Waals surface area contributed by atoms with E-state index in [1.54, 1.807) is 11.1 Å². The molecule has 1 saturated heterocycles. The Bertz CT molecular complexity index is 437. The lowest BCUT2D eigenvalue weighted by Crippen LogP contribution is -2.57. The molecule has 0 aromatic heterocycles. The molecule has 1 N–H and O–H groups in total. The second-order valence-electron chi connectivity index (χ2n) is 6.35. The molecular formula is C16H24N2. The van der Waals surface area contributed by atoms with Gasteiger partial charge < -0.3 is 10.2 Å². The molecule has 3 rings (SSSR count). The van der Waals surface area contributed by atoms with Crippen LogP contribution in [0.4, 0.5) is 5.69 Å². The van der Waals surface area contributed by atoms with Gasteiger partial charge in [-0.05, 0) is 56.7 Å². The zero-order valence-corrected chi connectivity index (χ0v) is 11.6. The Hall–Kier alpha value is -1.02. The zero-order chi connectivity index (χ0) is 12.6. The van der Waals surface area contributed by atoms with E-state index in [9.17, 15) is 0 Å². The molecule has 1 aromatic carbocycles. The van der Waals surface area contributed by atoms with Gasteiger partial charge in [0.25, 0.3) is 0 Å². The van der Waals surface area contributed by atoms with Crippen molar-refractivity contribution in [3.8, 4) is 0 Å². The number of hydrogen-bond acceptors (Lipinski definition) is 2. The van der Waals surface area contributed by atoms with Crippen LogP contribution in [-0.4, -0.2) is 25.2 Å². The van der Waals surface area contributed by atoms with Crippen LogP contribution >= 0.6 is 0 Å². The average Bonchev–Trinajstić information content (AvgIpc) is 2.37. The maximum atomic E-state index is 3.60. The van der Waals surface area contributed by atoms with Crippen LogP contribution in [0.15, 0.2) is 18.2 Å². The molecule has 1 aliphatic carbocycles. The molecule has 98 valence electrons. The van der Waals surface area contributed by atoms with E-state index in [2.05, 4.69) is 42.3 Å². The standard InChI is InChI=1S/C16H24N2/c1-16(2)12-18(11-10-17-16)15-9-5-7-13-6-3-4-8-14(13)15/h5,7,9,17H,3-4,6,8,10-12H2,1-2H3.